The fourth-order valence-corrected chi connectivity index (χ4v) is 1.18. The standard InChI is InChI=1S/C9H13F3O2/c1-3-5-7(13)6(4-2)8(14)9(10,11)12/h6H,3-5H2,1-2H3/t6-/m0/s1. The van der Waals surface area contributed by atoms with Gasteiger partial charge in [0.1, 0.15) is 5.78 Å². The molecule has 0 fully saturated rings. The highest BCUT2D eigenvalue weighted by Crippen LogP contribution is 2.24. The SMILES string of the molecule is CCCC(=O)[C@H](CC)C(=O)C(F)(F)F. The molecule has 0 aromatic heterocycles. The minimum atomic E-state index is -4.90. The van der Waals surface area contributed by atoms with Gasteiger partial charge >= 0.3 is 6.18 Å². The first kappa shape index (κ1) is 13.1. The van der Waals surface area contributed by atoms with Gasteiger partial charge in [-0.1, -0.05) is 13.8 Å². The molecule has 2 nitrogen and oxygen atoms in total. The van der Waals surface area contributed by atoms with Crippen LogP contribution in [0, 0.1) is 5.92 Å². The topological polar surface area (TPSA) is 34.1 Å². The number of alkyl halides is 3. The Labute approximate surface area is 80.5 Å². The van der Waals surface area contributed by atoms with Crippen LogP contribution < -0.4 is 0 Å². The van der Waals surface area contributed by atoms with Crippen molar-refractivity contribution in [2.75, 3.05) is 0 Å². The van der Waals surface area contributed by atoms with Gasteiger partial charge in [-0.2, -0.15) is 13.2 Å². The van der Waals surface area contributed by atoms with E-state index in [-0.39, 0.29) is 12.8 Å². The van der Waals surface area contributed by atoms with E-state index < -0.39 is 23.7 Å². The van der Waals surface area contributed by atoms with Crippen LogP contribution >= 0.6 is 0 Å². The molecule has 0 N–H and O–H groups in total. The summed E-state index contributed by atoms with van der Waals surface area (Å²) >= 11 is 0. The average Bonchev–Trinajstić information content (AvgIpc) is 2.04. The van der Waals surface area contributed by atoms with E-state index in [1.54, 1.807) is 6.92 Å². The van der Waals surface area contributed by atoms with Gasteiger partial charge in [0, 0.05) is 6.42 Å². The van der Waals surface area contributed by atoms with E-state index in [4.69, 9.17) is 0 Å². The zero-order valence-corrected chi connectivity index (χ0v) is 8.15. The van der Waals surface area contributed by atoms with Crippen LogP contribution in [0.4, 0.5) is 13.2 Å². The number of carbonyl (C=O) groups excluding carboxylic acids is 2. The van der Waals surface area contributed by atoms with Gasteiger partial charge in [0.25, 0.3) is 0 Å². The van der Waals surface area contributed by atoms with E-state index in [2.05, 4.69) is 0 Å². The van der Waals surface area contributed by atoms with Crippen molar-refractivity contribution in [3.63, 3.8) is 0 Å². The van der Waals surface area contributed by atoms with Crippen LogP contribution in [0.25, 0.3) is 0 Å². The van der Waals surface area contributed by atoms with Crippen molar-refractivity contribution in [1.82, 2.24) is 0 Å². The highest BCUT2D eigenvalue weighted by molar-refractivity contribution is 6.04. The summed E-state index contributed by atoms with van der Waals surface area (Å²) in [6.45, 7) is 3.09. The molecule has 0 radical (unpaired) electrons. The number of ketones is 2. The zero-order chi connectivity index (χ0) is 11.4. The third kappa shape index (κ3) is 3.47. The van der Waals surface area contributed by atoms with Gasteiger partial charge < -0.3 is 0 Å². The molecule has 82 valence electrons. The van der Waals surface area contributed by atoms with Crippen LogP contribution in [-0.2, 0) is 9.59 Å². The van der Waals surface area contributed by atoms with Crippen molar-refractivity contribution in [3.05, 3.63) is 0 Å². The molecule has 1 atom stereocenters. The fraction of sp³-hybridized carbons (Fsp3) is 0.778. The van der Waals surface area contributed by atoms with E-state index >= 15 is 0 Å². The smallest absolute Gasteiger partial charge is 0.299 e. The number of halogens is 3. The number of Topliss-reactive ketones (excluding diaryl/α,β-unsaturated/α-hetero) is 2. The Morgan fingerprint density at radius 3 is 2.00 bits per heavy atom. The van der Waals surface area contributed by atoms with E-state index in [1.165, 1.54) is 6.92 Å². The molecule has 0 aliphatic heterocycles. The molecule has 0 saturated heterocycles. The third-order valence-corrected chi connectivity index (χ3v) is 1.89. The van der Waals surface area contributed by atoms with Crippen LogP contribution in [0.15, 0.2) is 0 Å². The lowest BCUT2D eigenvalue weighted by atomic mass is 9.93. The van der Waals surface area contributed by atoms with Crippen molar-refractivity contribution in [3.8, 4) is 0 Å². The molecule has 0 spiro atoms. The van der Waals surface area contributed by atoms with Gasteiger partial charge in [0.2, 0.25) is 5.78 Å². The lowest BCUT2D eigenvalue weighted by molar-refractivity contribution is -0.176. The molecular weight excluding hydrogens is 197 g/mol. The van der Waals surface area contributed by atoms with Crippen molar-refractivity contribution in [2.24, 2.45) is 5.92 Å². The Morgan fingerprint density at radius 1 is 1.21 bits per heavy atom. The Hall–Kier alpha value is -0.870. The Bertz CT molecular complexity index is 221. The summed E-state index contributed by atoms with van der Waals surface area (Å²) in [5, 5.41) is 0. The van der Waals surface area contributed by atoms with Crippen molar-refractivity contribution >= 4 is 11.6 Å². The monoisotopic (exact) mass is 210 g/mol. The van der Waals surface area contributed by atoms with Crippen LogP contribution in [0.3, 0.4) is 0 Å². The molecule has 0 amide bonds. The molecule has 0 heterocycles. The first-order valence-corrected chi connectivity index (χ1v) is 4.48. The van der Waals surface area contributed by atoms with E-state index in [0.29, 0.717) is 6.42 Å². The highest BCUT2D eigenvalue weighted by Gasteiger charge is 2.44. The second kappa shape index (κ2) is 5.12. The number of hydrogen-bond donors (Lipinski definition) is 0. The number of rotatable bonds is 5. The van der Waals surface area contributed by atoms with Gasteiger partial charge in [-0.15, -0.1) is 0 Å². The first-order chi connectivity index (χ1) is 6.34. The normalized spacial score (nSPS) is 13.8. The highest BCUT2D eigenvalue weighted by atomic mass is 19.4. The van der Waals surface area contributed by atoms with Crippen LogP contribution in [-0.4, -0.2) is 17.7 Å². The summed E-state index contributed by atoms with van der Waals surface area (Å²) in [7, 11) is 0. The predicted molar refractivity (Wildman–Crippen MR) is 44.8 cm³/mol. The quantitative estimate of drug-likeness (QED) is 0.653. The molecule has 0 aromatic carbocycles. The maximum absolute atomic E-state index is 12.0. The largest absolute Gasteiger partial charge is 0.450 e. The molecule has 0 aromatic rings. The van der Waals surface area contributed by atoms with E-state index in [1.807, 2.05) is 0 Å². The first-order valence-electron chi connectivity index (χ1n) is 4.48. The Morgan fingerprint density at radius 2 is 1.71 bits per heavy atom. The van der Waals surface area contributed by atoms with Crippen molar-refractivity contribution in [1.29, 1.82) is 0 Å². The van der Waals surface area contributed by atoms with Crippen molar-refractivity contribution in [2.45, 2.75) is 39.3 Å². The molecular formula is C9H13F3O2. The molecule has 0 bridgehead atoms. The lowest BCUT2D eigenvalue weighted by Gasteiger charge is -2.13. The van der Waals surface area contributed by atoms with Gasteiger partial charge in [0.15, 0.2) is 0 Å². The molecule has 0 rings (SSSR count). The predicted octanol–water partition coefficient (Wildman–Crippen LogP) is 2.51. The van der Waals surface area contributed by atoms with E-state index in [0.717, 1.165) is 0 Å². The maximum Gasteiger partial charge on any atom is 0.450 e. The van der Waals surface area contributed by atoms with Crippen LogP contribution in [0.5, 0.6) is 0 Å². The van der Waals surface area contributed by atoms with E-state index in [9.17, 15) is 22.8 Å². The maximum atomic E-state index is 12.0. The van der Waals surface area contributed by atoms with Gasteiger partial charge in [-0.25, -0.2) is 0 Å². The lowest BCUT2D eigenvalue weighted by Crippen LogP contribution is -2.34. The number of hydrogen-bond acceptors (Lipinski definition) is 2. The molecule has 5 heteroatoms. The summed E-state index contributed by atoms with van der Waals surface area (Å²) in [6.07, 6.45) is -4.50. The van der Waals surface area contributed by atoms with Gasteiger partial charge in [-0.05, 0) is 12.8 Å². The summed E-state index contributed by atoms with van der Waals surface area (Å²) in [5.74, 6) is -4.04. The minimum absolute atomic E-state index is 0.0281. The zero-order valence-electron chi connectivity index (χ0n) is 8.15. The summed E-state index contributed by atoms with van der Waals surface area (Å²) in [5.41, 5.74) is 0. The summed E-state index contributed by atoms with van der Waals surface area (Å²) in [6, 6.07) is 0. The Kier molecular flexibility index (Phi) is 4.80. The second-order valence-corrected chi connectivity index (χ2v) is 3.04. The fourth-order valence-electron chi connectivity index (χ4n) is 1.18. The van der Waals surface area contributed by atoms with Crippen LogP contribution in [0.1, 0.15) is 33.1 Å². The van der Waals surface area contributed by atoms with Crippen LogP contribution in [0.2, 0.25) is 0 Å². The molecule has 0 saturated carbocycles. The summed E-state index contributed by atoms with van der Waals surface area (Å²) in [4.78, 5) is 21.9. The molecule has 0 unspecified atom stereocenters. The third-order valence-electron chi connectivity index (χ3n) is 1.89. The Balaban J connectivity index is 4.57. The van der Waals surface area contributed by atoms with Crippen molar-refractivity contribution < 1.29 is 22.8 Å². The van der Waals surface area contributed by atoms with Gasteiger partial charge in [0.05, 0.1) is 5.92 Å². The average molecular weight is 210 g/mol. The molecule has 0 aliphatic rings. The second-order valence-electron chi connectivity index (χ2n) is 3.04. The molecule has 0 aliphatic carbocycles. The molecule has 14 heavy (non-hydrogen) atoms. The minimum Gasteiger partial charge on any atom is -0.299 e. The summed E-state index contributed by atoms with van der Waals surface area (Å²) < 4.78 is 36.0. The van der Waals surface area contributed by atoms with Gasteiger partial charge in [-0.3, -0.25) is 9.59 Å². The number of carbonyl (C=O) groups is 2.